The van der Waals surface area contributed by atoms with Crippen LogP contribution in [0.15, 0.2) is 16.6 Å². The molecule has 2 fully saturated rings. The van der Waals surface area contributed by atoms with Crippen molar-refractivity contribution in [2.45, 2.75) is 39.0 Å². The van der Waals surface area contributed by atoms with Crippen LogP contribution in [0.25, 0.3) is 0 Å². The second-order valence-corrected chi connectivity index (χ2v) is 7.58. The average molecular weight is 358 g/mol. The molecule has 0 aliphatic heterocycles. The van der Waals surface area contributed by atoms with E-state index in [2.05, 4.69) is 28.2 Å². The molecule has 0 saturated heterocycles. The van der Waals surface area contributed by atoms with Gasteiger partial charge in [0.25, 0.3) is 0 Å². The monoisotopic (exact) mass is 357 g/mol. The Labute approximate surface area is 133 Å². The molecule has 2 saturated carbocycles. The molecule has 3 unspecified atom stereocenters. The Morgan fingerprint density at radius 2 is 2.14 bits per heavy atom. The van der Waals surface area contributed by atoms with Crippen LogP contribution in [0.2, 0.25) is 0 Å². The largest absolute Gasteiger partial charge is 0.316 e. The standard InChI is InChI=1S/C17H22BrF2N/c1-2-21-10-17(8-11-3-4-12(17)7-11)9-13-15(19)6-5-14(18)16(13)20/h5-6,11-12,21H,2-4,7-10H2,1H3. The van der Waals surface area contributed by atoms with Crippen LogP contribution >= 0.6 is 15.9 Å². The Hall–Kier alpha value is -0.480. The predicted octanol–water partition coefficient (Wildman–Crippen LogP) is 4.69. The van der Waals surface area contributed by atoms with E-state index in [1.165, 1.54) is 31.4 Å². The maximum absolute atomic E-state index is 14.3. The van der Waals surface area contributed by atoms with Crippen molar-refractivity contribution in [1.82, 2.24) is 5.32 Å². The van der Waals surface area contributed by atoms with Gasteiger partial charge >= 0.3 is 0 Å². The molecule has 0 spiro atoms. The first kappa shape index (κ1) is 15.4. The normalized spacial score (nSPS) is 31.0. The van der Waals surface area contributed by atoms with Crippen molar-refractivity contribution < 1.29 is 8.78 Å². The summed E-state index contributed by atoms with van der Waals surface area (Å²) in [6.45, 7) is 3.86. The van der Waals surface area contributed by atoms with Gasteiger partial charge in [-0.1, -0.05) is 13.3 Å². The number of fused-ring (bicyclic) bond motifs is 2. The Kier molecular flexibility index (Phi) is 4.37. The van der Waals surface area contributed by atoms with Crippen LogP contribution in [-0.2, 0) is 6.42 Å². The zero-order valence-corrected chi connectivity index (χ0v) is 14.0. The quantitative estimate of drug-likeness (QED) is 0.754. The van der Waals surface area contributed by atoms with Crippen LogP contribution in [0, 0.1) is 28.9 Å². The SMILES string of the molecule is CCNCC1(Cc2c(F)ccc(Br)c2F)CC2CCC1C2. The molecule has 0 amide bonds. The van der Waals surface area contributed by atoms with Gasteiger partial charge in [0.15, 0.2) is 0 Å². The van der Waals surface area contributed by atoms with E-state index in [0.29, 0.717) is 16.8 Å². The van der Waals surface area contributed by atoms with Crippen molar-refractivity contribution in [1.29, 1.82) is 0 Å². The maximum atomic E-state index is 14.3. The molecular weight excluding hydrogens is 336 g/mol. The van der Waals surface area contributed by atoms with E-state index in [1.807, 2.05) is 0 Å². The number of rotatable bonds is 5. The summed E-state index contributed by atoms with van der Waals surface area (Å²) in [6, 6.07) is 2.82. The Morgan fingerprint density at radius 3 is 2.76 bits per heavy atom. The number of nitrogens with one attached hydrogen (secondary N) is 1. The molecule has 2 aliphatic rings. The summed E-state index contributed by atoms with van der Waals surface area (Å²) in [7, 11) is 0. The molecular formula is C17H22BrF2N. The van der Waals surface area contributed by atoms with E-state index < -0.39 is 11.6 Å². The van der Waals surface area contributed by atoms with E-state index >= 15 is 0 Å². The van der Waals surface area contributed by atoms with E-state index in [-0.39, 0.29) is 11.0 Å². The third kappa shape index (κ3) is 2.77. The van der Waals surface area contributed by atoms with E-state index in [1.54, 1.807) is 0 Å². The van der Waals surface area contributed by atoms with Crippen LogP contribution in [-0.4, -0.2) is 13.1 Å². The molecule has 1 N–H and O–H groups in total. The van der Waals surface area contributed by atoms with E-state index in [0.717, 1.165) is 25.4 Å². The lowest BCUT2D eigenvalue weighted by Crippen LogP contribution is -2.41. The minimum Gasteiger partial charge on any atom is -0.316 e. The molecule has 1 nitrogen and oxygen atoms in total. The summed E-state index contributed by atoms with van der Waals surface area (Å²) in [4.78, 5) is 0. The Bertz CT molecular complexity index is 534. The highest BCUT2D eigenvalue weighted by atomic mass is 79.9. The molecule has 116 valence electrons. The minimum atomic E-state index is -0.423. The second-order valence-electron chi connectivity index (χ2n) is 6.72. The molecule has 0 radical (unpaired) electrons. The Morgan fingerprint density at radius 1 is 1.33 bits per heavy atom. The second kappa shape index (κ2) is 5.96. The highest BCUT2D eigenvalue weighted by Gasteiger charge is 2.50. The van der Waals surface area contributed by atoms with Crippen molar-refractivity contribution in [3.05, 3.63) is 33.8 Å². The van der Waals surface area contributed by atoms with Crippen molar-refractivity contribution in [2.75, 3.05) is 13.1 Å². The highest BCUT2D eigenvalue weighted by molar-refractivity contribution is 9.10. The van der Waals surface area contributed by atoms with Gasteiger partial charge in [0, 0.05) is 12.1 Å². The van der Waals surface area contributed by atoms with Gasteiger partial charge in [-0.3, -0.25) is 0 Å². The first-order chi connectivity index (χ1) is 10.1. The predicted molar refractivity (Wildman–Crippen MR) is 84.2 cm³/mol. The average Bonchev–Trinajstić information content (AvgIpc) is 3.07. The number of halogens is 3. The van der Waals surface area contributed by atoms with Crippen LogP contribution in [0.3, 0.4) is 0 Å². The lowest BCUT2D eigenvalue weighted by Gasteiger charge is -2.38. The molecule has 3 atom stereocenters. The molecule has 1 aromatic rings. The van der Waals surface area contributed by atoms with Gasteiger partial charge < -0.3 is 5.32 Å². The first-order valence-electron chi connectivity index (χ1n) is 7.89. The summed E-state index contributed by atoms with van der Waals surface area (Å²) >= 11 is 3.18. The van der Waals surface area contributed by atoms with Gasteiger partial charge in [0.2, 0.25) is 0 Å². The lowest BCUT2D eigenvalue weighted by atomic mass is 9.69. The molecule has 3 rings (SSSR count). The van der Waals surface area contributed by atoms with Crippen LogP contribution in [0.4, 0.5) is 8.78 Å². The highest BCUT2D eigenvalue weighted by Crippen LogP contribution is 2.57. The van der Waals surface area contributed by atoms with Gasteiger partial charge in [0.1, 0.15) is 11.6 Å². The van der Waals surface area contributed by atoms with Gasteiger partial charge in [-0.05, 0) is 77.5 Å². The molecule has 2 aliphatic carbocycles. The maximum Gasteiger partial charge on any atom is 0.143 e. The van der Waals surface area contributed by atoms with Gasteiger partial charge in [-0.2, -0.15) is 0 Å². The summed E-state index contributed by atoms with van der Waals surface area (Å²) in [5.41, 5.74) is 0.288. The fourth-order valence-electron chi connectivity index (χ4n) is 4.51. The zero-order valence-electron chi connectivity index (χ0n) is 12.4. The van der Waals surface area contributed by atoms with Gasteiger partial charge in [-0.25, -0.2) is 8.78 Å². The molecule has 21 heavy (non-hydrogen) atoms. The first-order valence-corrected chi connectivity index (χ1v) is 8.68. The van der Waals surface area contributed by atoms with Gasteiger partial charge in [-0.15, -0.1) is 0 Å². The minimum absolute atomic E-state index is 0.0292. The molecule has 0 aromatic heterocycles. The Balaban J connectivity index is 1.91. The fourth-order valence-corrected chi connectivity index (χ4v) is 4.88. The van der Waals surface area contributed by atoms with Crippen molar-refractivity contribution >= 4 is 15.9 Å². The van der Waals surface area contributed by atoms with Crippen LogP contribution in [0.1, 0.15) is 38.2 Å². The smallest absolute Gasteiger partial charge is 0.143 e. The molecule has 1 aromatic carbocycles. The third-order valence-corrected chi connectivity index (χ3v) is 6.11. The van der Waals surface area contributed by atoms with E-state index in [9.17, 15) is 8.78 Å². The topological polar surface area (TPSA) is 12.0 Å². The van der Waals surface area contributed by atoms with Crippen molar-refractivity contribution in [3.8, 4) is 0 Å². The van der Waals surface area contributed by atoms with Crippen LogP contribution in [0.5, 0.6) is 0 Å². The van der Waals surface area contributed by atoms with E-state index in [4.69, 9.17) is 0 Å². The summed E-state index contributed by atoms with van der Waals surface area (Å²) in [5, 5.41) is 3.43. The zero-order chi connectivity index (χ0) is 15.0. The third-order valence-electron chi connectivity index (χ3n) is 5.50. The van der Waals surface area contributed by atoms with Gasteiger partial charge in [0.05, 0.1) is 4.47 Å². The van der Waals surface area contributed by atoms with Crippen molar-refractivity contribution in [3.63, 3.8) is 0 Å². The summed E-state index contributed by atoms with van der Waals surface area (Å²) < 4.78 is 28.8. The molecule has 0 heterocycles. The molecule has 2 bridgehead atoms. The fraction of sp³-hybridized carbons (Fsp3) is 0.647. The number of hydrogen-bond acceptors (Lipinski definition) is 1. The summed E-state index contributed by atoms with van der Waals surface area (Å²) in [6.07, 6.45) is 5.37. The molecule has 4 heteroatoms. The van der Waals surface area contributed by atoms with Crippen molar-refractivity contribution in [2.24, 2.45) is 17.3 Å². The summed E-state index contributed by atoms with van der Waals surface area (Å²) in [5.74, 6) is 0.536. The number of hydrogen-bond donors (Lipinski definition) is 1. The lowest BCUT2D eigenvalue weighted by molar-refractivity contribution is 0.154. The van der Waals surface area contributed by atoms with Crippen LogP contribution < -0.4 is 5.32 Å². The number of benzene rings is 1.